The van der Waals surface area contributed by atoms with Gasteiger partial charge in [0.1, 0.15) is 0 Å². The van der Waals surface area contributed by atoms with Crippen LogP contribution < -0.4 is 10.2 Å². The van der Waals surface area contributed by atoms with Crippen LogP contribution in [0.5, 0.6) is 0 Å². The number of amides is 2. The number of rotatable bonds is 5. The van der Waals surface area contributed by atoms with E-state index < -0.39 is 0 Å². The first-order valence-electron chi connectivity index (χ1n) is 9.99. The van der Waals surface area contributed by atoms with Gasteiger partial charge >= 0.3 is 0 Å². The Balaban J connectivity index is 1.66. The highest BCUT2D eigenvalue weighted by atomic mass is 16.2. The lowest BCUT2D eigenvalue weighted by molar-refractivity contribution is 0.0607. The zero-order valence-corrected chi connectivity index (χ0v) is 16.9. The second-order valence-corrected chi connectivity index (χ2v) is 7.53. The van der Waals surface area contributed by atoms with Gasteiger partial charge in [0, 0.05) is 49.2 Å². The first-order valence-corrected chi connectivity index (χ1v) is 9.99. The summed E-state index contributed by atoms with van der Waals surface area (Å²) < 4.78 is 0. The summed E-state index contributed by atoms with van der Waals surface area (Å²) in [7, 11) is 3.95. The van der Waals surface area contributed by atoms with Gasteiger partial charge in [-0.3, -0.25) is 9.59 Å². The van der Waals surface area contributed by atoms with Crippen molar-refractivity contribution in [1.82, 2.24) is 4.90 Å². The number of likely N-dealkylation sites (tertiary alicyclic amines) is 1. The third-order valence-corrected chi connectivity index (χ3v) is 5.39. The van der Waals surface area contributed by atoms with Crippen molar-refractivity contribution in [2.45, 2.75) is 38.6 Å². The van der Waals surface area contributed by atoms with Crippen LogP contribution in [-0.2, 0) is 0 Å². The number of anilines is 2. The number of piperidine rings is 1. The maximum absolute atomic E-state index is 12.8. The molecule has 1 aliphatic heterocycles. The lowest BCUT2D eigenvalue weighted by atomic mass is 9.98. The van der Waals surface area contributed by atoms with Gasteiger partial charge in [-0.15, -0.1) is 0 Å². The average Bonchev–Trinajstić information content (AvgIpc) is 2.73. The molecule has 0 aliphatic carbocycles. The normalized spacial score (nSPS) is 16.5. The fraction of sp³-hybridized carbons (Fsp3) is 0.391. The molecule has 0 bridgehead atoms. The molecule has 0 spiro atoms. The number of carbonyl (C=O) groups is 2. The van der Waals surface area contributed by atoms with Crippen molar-refractivity contribution in [3.63, 3.8) is 0 Å². The number of nitrogens with zero attached hydrogens (tertiary/aromatic N) is 2. The van der Waals surface area contributed by atoms with Crippen LogP contribution in [0.1, 0.15) is 53.3 Å². The molecule has 1 saturated heterocycles. The fourth-order valence-electron chi connectivity index (χ4n) is 3.67. The minimum atomic E-state index is -0.180. The van der Waals surface area contributed by atoms with Crippen LogP contribution in [0.4, 0.5) is 11.4 Å². The SMILES string of the molecule is CCC1CCCCN1C(=O)c1ccc(C(=O)Nc2ccc(N(C)C)cc2)cc1. The molecule has 0 aromatic heterocycles. The van der Waals surface area contributed by atoms with Crippen molar-refractivity contribution in [2.75, 3.05) is 30.9 Å². The number of carbonyl (C=O) groups excluding carboxylic acids is 2. The maximum Gasteiger partial charge on any atom is 0.255 e. The summed E-state index contributed by atoms with van der Waals surface area (Å²) in [6, 6.07) is 15.0. The minimum Gasteiger partial charge on any atom is -0.378 e. The van der Waals surface area contributed by atoms with Crippen LogP contribution >= 0.6 is 0 Å². The molecule has 28 heavy (non-hydrogen) atoms. The molecule has 2 amide bonds. The molecule has 2 aromatic rings. The number of benzene rings is 2. The van der Waals surface area contributed by atoms with Crippen LogP contribution in [0, 0.1) is 0 Å². The molecule has 1 unspecified atom stereocenters. The summed E-state index contributed by atoms with van der Waals surface area (Å²) in [4.78, 5) is 29.3. The smallest absolute Gasteiger partial charge is 0.255 e. The molecule has 5 heteroatoms. The Hall–Kier alpha value is -2.82. The summed E-state index contributed by atoms with van der Waals surface area (Å²) in [5.74, 6) is -0.112. The molecule has 1 N–H and O–H groups in total. The highest BCUT2D eigenvalue weighted by Crippen LogP contribution is 2.22. The Labute approximate surface area is 167 Å². The molecule has 1 atom stereocenters. The predicted molar refractivity (Wildman–Crippen MR) is 114 cm³/mol. The molecule has 2 aromatic carbocycles. The third-order valence-electron chi connectivity index (χ3n) is 5.39. The van der Waals surface area contributed by atoms with Crippen LogP contribution in [0.2, 0.25) is 0 Å². The Morgan fingerprint density at radius 2 is 1.64 bits per heavy atom. The molecule has 0 saturated carbocycles. The van der Waals surface area contributed by atoms with Gasteiger partial charge in [0.25, 0.3) is 11.8 Å². The maximum atomic E-state index is 12.8. The van der Waals surface area contributed by atoms with Gasteiger partial charge in [0.2, 0.25) is 0 Å². The van der Waals surface area contributed by atoms with E-state index in [1.165, 1.54) is 6.42 Å². The van der Waals surface area contributed by atoms with Crippen molar-refractivity contribution in [3.8, 4) is 0 Å². The summed E-state index contributed by atoms with van der Waals surface area (Å²) in [6.07, 6.45) is 4.32. The lowest BCUT2D eigenvalue weighted by Gasteiger charge is -2.35. The Bertz CT molecular complexity index is 813. The standard InChI is InChI=1S/C23H29N3O2/c1-4-20-7-5-6-16-26(20)23(28)18-10-8-17(9-11-18)22(27)24-19-12-14-21(15-13-19)25(2)3/h8-15,20H,4-7,16H2,1-3H3,(H,24,27). The fourth-order valence-corrected chi connectivity index (χ4v) is 3.67. The van der Waals surface area contributed by atoms with Gasteiger partial charge in [0.05, 0.1) is 0 Å². The van der Waals surface area contributed by atoms with E-state index in [1.54, 1.807) is 24.3 Å². The summed E-state index contributed by atoms with van der Waals surface area (Å²) in [6.45, 7) is 2.96. The topological polar surface area (TPSA) is 52.7 Å². The van der Waals surface area contributed by atoms with E-state index in [1.807, 2.05) is 48.2 Å². The number of nitrogens with one attached hydrogen (secondary N) is 1. The van der Waals surface area contributed by atoms with Crippen molar-refractivity contribution in [1.29, 1.82) is 0 Å². The lowest BCUT2D eigenvalue weighted by Crippen LogP contribution is -2.43. The average molecular weight is 380 g/mol. The second-order valence-electron chi connectivity index (χ2n) is 7.53. The van der Waals surface area contributed by atoms with E-state index in [0.717, 1.165) is 37.2 Å². The Morgan fingerprint density at radius 3 is 2.25 bits per heavy atom. The van der Waals surface area contributed by atoms with Gasteiger partial charge in [-0.25, -0.2) is 0 Å². The Morgan fingerprint density at radius 1 is 1.00 bits per heavy atom. The van der Waals surface area contributed by atoms with Crippen molar-refractivity contribution >= 4 is 23.2 Å². The molecule has 1 aliphatic rings. The first kappa shape index (κ1) is 19.9. The van der Waals surface area contributed by atoms with Crippen LogP contribution in [0.15, 0.2) is 48.5 Å². The molecule has 1 fully saturated rings. The van der Waals surface area contributed by atoms with Gasteiger partial charge in [-0.05, 0) is 74.2 Å². The van der Waals surface area contributed by atoms with E-state index in [4.69, 9.17) is 0 Å². The van der Waals surface area contributed by atoms with Crippen LogP contribution in [-0.4, -0.2) is 43.4 Å². The van der Waals surface area contributed by atoms with Crippen molar-refractivity contribution in [2.24, 2.45) is 0 Å². The molecule has 1 heterocycles. The highest BCUT2D eigenvalue weighted by Gasteiger charge is 2.26. The second kappa shape index (κ2) is 8.91. The predicted octanol–water partition coefficient (Wildman–Crippen LogP) is 4.41. The zero-order chi connectivity index (χ0) is 20.1. The monoisotopic (exact) mass is 379 g/mol. The third kappa shape index (κ3) is 4.53. The number of hydrogen-bond acceptors (Lipinski definition) is 3. The van der Waals surface area contributed by atoms with Crippen LogP contribution in [0.3, 0.4) is 0 Å². The van der Waals surface area contributed by atoms with Gasteiger partial charge < -0.3 is 15.1 Å². The van der Waals surface area contributed by atoms with Crippen molar-refractivity contribution in [3.05, 3.63) is 59.7 Å². The summed E-state index contributed by atoms with van der Waals surface area (Å²) >= 11 is 0. The van der Waals surface area contributed by atoms with E-state index >= 15 is 0 Å². The largest absolute Gasteiger partial charge is 0.378 e. The van der Waals surface area contributed by atoms with Gasteiger partial charge in [0.15, 0.2) is 0 Å². The van der Waals surface area contributed by atoms with E-state index in [2.05, 4.69) is 12.2 Å². The van der Waals surface area contributed by atoms with E-state index in [-0.39, 0.29) is 11.8 Å². The molecule has 148 valence electrons. The molecule has 3 rings (SSSR count). The molecule has 0 radical (unpaired) electrons. The van der Waals surface area contributed by atoms with Crippen molar-refractivity contribution < 1.29 is 9.59 Å². The highest BCUT2D eigenvalue weighted by molar-refractivity contribution is 6.05. The van der Waals surface area contributed by atoms with E-state index in [9.17, 15) is 9.59 Å². The molecular weight excluding hydrogens is 350 g/mol. The summed E-state index contributed by atoms with van der Waals surface area (Å²) in [5, 5.41) is 2.90. The zero-order valence-electron chi connectivity index (χ0n) is 16.9. The van der Waals surface area contributed by atoms with Crippen LogP contribution in [0.25, 0.3) is 0 Å². The van der Waals surface area contributed by atoms with Gasteiger partial charge in [-0.2, -0.15) is 0 Å². The van der Waals surface area contributed by atoms with E-state index in [0.29, 0.717) is 17.2 Å². The molecule has 5 nitrogen and oxygen atoms in total. The Kier molecular flexibility index (Phi) is 6.34. The number of hydrogen-bond donors (Lipinski definition) is 1. The summed E-state index contributed by atoms with van der Waals surface area (Å²) in [5.41, 5.74) is 3.00. The minimum absolute atomic E-state index is 0.0674. The molecular formula is C23H29N3O2. The quantitative estimate of drug-likeness (QED) is 0.837. The first-order chi connectivity index (χ1) is 13.5. The van der Waals surface area contributed by atoms with Gasteiger partial charge in [-0.1, -0.05) is 6.92 Å².